The molecule has 21 heavy (non-hydrogen) atoms. The van der Waals surface area contributed by atoms with E-state index in [1.54, 1.807) is 12.4 Å². The molecule has 2 rings (SSSR count). The zero-order valence-electron chi connectivity index (χ0n) is 12.9. The first-order chi connectivity index (χ1) is 9.91. The highest BCUT2D eigenvalue weighted by Gasteiger charge is 2.09. The normalized spacial score (nSPS) is 10.5. The van der Waals surface area contributed by atoms with Crippen molar-refractivity contribution in [1.29, 1.82) is 0 Å². The van der Waals surface area contributed by atoms with Crippen LogP contribution in [0.3, 0.4) is 0 Å². The Morgan fingerprint density at radius 2 is 1.81 bits per heavy atom. The van der Waals surface area contributed by atoms with Crippen LogP contribution in [0.5, 0.6) is 0 Å². The van der Waals surface area contributed by atoms with Gasteiger partial charge < -0.3 is 4.57 Å². The Kier molecular flexibility index (Phi) is 4.26. The van der Waals surface area contributed by atoms with Gasteiger partial charge in [-0.15, -0.1) is 0 Å². The molecule has 0 aliphatic carbocycles. The number of hydrogen-bond donors (Lipinski definition) is 0. The molecule has 0 fully saturated rings. The van der Waals surface area contributed by atoms with Gasteiger partial charge in [0.25, 0.3) is 0 Å². The molecule has 0 aliphatic rings. The average molecular weight is 284 g/mol. The number of aryl methyl sites for hydroxylation is 1. The van der Waals surface area contributed by atoms with Gasteiger partial charge in [0.05, 0.1) is 5.69 Å². The number of benzene rings is 1. The van der Waals surface area contributed by atoms with Gasteiger partial charge in [0.15, 0.2) is 0 Å². The van der Waals surface area contributed by atoms with E-state index in [0.717, 1.165) is 22.4 Å². The van der Waals surface area contributed by atoms with Crippen LogP contribution < -0.4 is 11.1 Å². The van der Waals surface area contributed by atoms with E-state index in [4.69, 9.17) is 0 Å². The van der Waals surface area contributed by atoms with Crippen LogP contribution in [0.25, 0.3) is 5.69 Å². The fraction of sp³-hybridized carbons (Fsp3) is 0.294. The molecule has 0 atom stereocenters. The minimum Gasteiger partial charge on any atom is -0.305 e. The fourth-order valence-corrected chi connectivity index (χ4v) is 2.12. The summed E-state index contributed by atoms with van der Waals surface area (Å²) in [6.45, 7) is 8.28. The summed E-state index contributed by atoms with van der Waals surface area (Å²) in [5.41, 5.74) is 2.94. The van der Waals surface area contributed by atoms with Crippen LogP contribution in [0, 0.1) is 13.8 Å². The van der Waals surface area contributed by atoms with Crippen molar-refractivity contribution in [1.82, 2.24) is 9.13 Å². The van der Waals surface area contributed by atoms with Crippen molar-refractivity contribution in [2.45, 2.75) is 34.2 Å². The standard InChI is InChI=1S/C17H20N2O2/c1-12(2)8-9-18-10-11-19(17(21)16(18)20)15-7-5-6-13(3)14(15)4/h5-8,10-11H,9H2,1-4H3. The van der Waals surface area contributed by atoms with E-state index in [2.05, 4.69) is 0 Å². The second kappa shape index (κ2) is 5.95. The zero-order valence-corrected chi connectivity index (χ0v) is 12.9. The van der Waals surface area contributed by atoms with Crippen LogP contribution >= 0.6 is 0 Å². The fourth-order valence-electron chi connectivity index (χ4n) is 2.12. The first-order valence-corrected chi connectivity index (χ1v) is 6.94. The summed E-state index contributed by atoms with van der Waals surface area (Å²) < 4.78 is 2.85. The molecular formula is C17H20N2O2. The number of nitrogens with zero attached hydrogens (tertiary/aromatic N) is 2. The molecule has 0 aliphatic heterocycles. The number of rotatable bonds is 3. The van der Waals surface area contributed by atoms with Crippen LogP contribution in [-0.4, -0.2) is 9.13 Å². The molecule has 0 saturated carbocycles. The van der Waals surface area contributed by atoms with Gasteiger partial charge in [0.1, 0.15) is 0 Å². The maximum atomic E-state index is 12.3. The van der Waals surface area contributed by atoms with Crippen LogP contribution in [0.1, 0.15) is 25.0 Å². The third-order valence-electron chi connectivity index (χ3n) is 3.59. The average Bonchev–Trinajstić information content (AvgIpc) is 2.44. The van der Waals surface area contributed by atoms with E-state index in [0.29, 0.717) is 6.54 Å². The highest BCUT2D eigenvalue weighted by molar-refractivity contribution is 5.44. The summed E-state index contributed by atoms with van der Waals surface area (Å²) in [6, 6.07) is 5.72. The highest BCUT2D eigenvalue weighted by Crippen LogP contribution is 2.15. The van der Waals surface area contributed by atoms with Gasteiger partial charge in [-0.25, -0.2) is 0 Å². The van der Waals surface area contributed by atoms with E-state index in [1.807, 2.05) is 52.0 Å². The highest BCUT2D eigenvalue weighted by atomic mass is 16.2. The summed E-state index contributed by atoms with van der Waals surface area (Å²) in [5, 5.41) is 0. The second-order valence-electron chi connectivity index (χ2n) is 5.43. The second-order valence-corrected chi connectivity index (χ2v) is 5.43. The van der Waals surface area contributed by atoms with Crippen molar-refractivity contribution in [3.05, 3.63) is 74.1 Å². The Balaban J connectivity index is 2.56. The lowest BCUT2D eigenvalue weighted by atomic mass is 10.1. The molecular weight excluding hydrogens is 264 g/mol. The molecule has 0 spiro atoms. The maximum Gasteiger partial charge on any atom is 0.320 e. The summed E-state index contributed by atoms with van der Waals surface area (Å²) >= 11 is 0. The Morgan fingerprint density at radius 1 is 1.10 bits per heavy atom. The lowest BCUT2D eigenvalue weighted by molar-refractivity contribution is 0.728. The Labute approximate surface area is 124 Å². The lowest BCUT2D eigenvalue weighted by Gasteiger charge is -2.12. The van der Waals surface area contributed by atoms with Gasteiger partial charge in [-0.3, -0.25) is 14.2 Å². The molecule has 0 N–H and O–H groups in total. The number of allylic oxidation sites excluding steroid dienone is 2. The predicted molar refractivity (Wildman–Crippen MR) is 85.2 cm³/mol. The van der Waals surface area contributed by atoms with Crippen LogP contribution in [0.15, 0.2) is 51.8 Å². The number of aromatic nitrogens is 2. The molecule has 0 amide bonds. The first kappa shape index (κ1) is 15.0. The van der Waals surface area contributed by atoms with Crippen molar-refractivity contribution in [3.8, 4) is 5.69 Å². The predicted octanol–water partition coefficient (Wildman–Crippen LogP) is 2.58. The molecule has 1 aromatic heterocycles. The largest absolute Gasteiger partial charge is 0.320 e. The first-order valence-electron chi connectivity index (χ1n) is 6.94. The Morgan fingerprint density at radius 3 is 2.48 bits per heavy atom. The summed E-state index contributed by atoms with van der Waals surface area (Å²) in [4.78, 5) is 24.5. The van der Waals surface area contributed by atoms with Gasteiger partial charge in [0, 0.05) is 18.9 Å². The van der Waals surface area contributed by atoms with Crippen molar-refractivity contribution in [2.75, 3.05) is 0 Å². The van der Waals surface area contributed by atoms with Gasteiger partial charge in [-0.1, -0.05) is 23.8 Å². The molecule has 2 aromatic rings. The van der Waals surface area contributed by atoms with Crippen molar-refractivity contribution >= 4 is 0 Å². The smallest absolute Gasteiger partial charge is 0.305 e. The van der Waals surface area contributed by atoms with Crippen molar-refractivity contribution < 1.29 is 0 Å². The third-order valence-corrected chi connectivity index (χ3v) is 3.59. The Hall–Kier alpha value is -2.36. The van der Waals surface area contributed by atoms with E-state index in [-0.39, 0.29) is 0 Å². The molecule has 4 nitrogen and oxygen atoms in total. The zero-order chi connectivity index (χ0) is 15.6. The summed E-state index contributed by atoms with van der Waals surface area (Å²) in [6.07, 6.45) is 5.23. The number of hydrogen-bond acceptors (Lipinski definition) is 2. The van der Waals surface area contributed by atoms with E-state index < -0.39 is 11.1 Å². The van der Waals surface area contributed by atoms with Gasteiger partial charge >= 0.3 is 11.1 Å². The van der Waals surface area contributed by atoms with Crippen molar-refractivity contribution in [3.63, 3.8) is 0 Å². The van der Waals surface area contributed by atoms with E-state index in [9.17, 15) is 9.59 Å². The monoisotopic (exact) mass is 284 g/mol. The van der Waals surface area contributed by atoms with Crippen molar-refractivity contribution in [2.24, 2.45) is 0 Å². The summed E-state index contributed by atoms with van der Waals surface area (Å²) in [7, 11) is 0. The molecule has 1 aromatic carbocycles. The van der Waals surface area contributed by atoms with Crippen LogP contribution in [0.4, 0.5) is 0 Å². The van der Waals surface area contributed by atoms with E-state index in [1.165, 1.54) is 9.13 Å². The SMILES string of the molecule is CC(C)=CCn1ccn(-c2cccc(C)c2C)c(=O)c1=O. The van der Waals surface area contributed by atoms with Crippen LogP contribution in [-0.2, 0) is 6.54 Å². The third kappa shape index (κ3) is 3.05. The minimum absolute atomic E-state index is 0.421. The lowest BCUT2D eigenvalue weighted by Crippen LogP contribution is -2.40. The molecule has 1 heterocycles. The molecule has 0 unspecified atom stereocenters. The topological polar surface area (TPSA) is 44.0 Å². The molecule has 0 bridgehead atoms. The minimum atomic E-state index is -0.520. The molecule has 0 saturated heterocycles. The summed E-state index contributed by atoms with van der Waals surface area (Å²) in [5.74, 6) is 0. The Bertz CT molecular complexity index is 806. The molecule has 110 valence electrons. The van der Waals surface area contributed by atoms with Gasteiger partial charge in [0.2, 0.25) is 0 Å². The van der Waals surface area contributed by atoms with Gasteiger partial charge in [-0.2, -0.15) is 0 Å². The quantitative estimate of drug-likeness (QED) is 0.642. The molecule has 0 radical (unpaired) electrons. The maximum absolute atomic E-state index is 12.3. The van der Waals surface area contributed by atoms with Crippen LogP contribution in [0.2, 0.25) is 0 Å². The molecule has 4 heteroatoms. The van der Waals surface area contributed by atoms with E-state index >= 15 is 0 Å². The van der Waals surface area contributed by atoms with Gasteiger partial charge in [-0.05, 0) is 44.9 Å².